The van der Waals surface area contributed by atoms with Gasteiger partial charge < -0.3 is 9.64 Å². The minimum atomic E-state index is -3.05. The Morgan fingerprint density at radius 1 is 1.08 bits per heavy atom. The van der Waals surface area contributed by atoms with Crippen LogP contribution >= 0.6 is 0 Å². The molecule has 1 atom stereocenters. The lowest BCUT2D eigenvalue weighted by Crippen LogP contribution is -2.43. The van der Waals surface area contributed by atoms with Crippen LogP contribution in [0.25, 0.3) is 0 Å². The number of carbonyl (C=O) groups is 3. The number of alkyl halides is 2. The van der Waals surface area contributed by atoms with Crippen LogP contribution in [0.4, 0.5) is 29.3 Å². The number of nitrogens with zero attached hydrogens (tertiary/aromatic N) is 3. The van der Waals surface area contributed by atoms with E-state index in [9.17, 15) is 23.2 Å². The molecule has 0 saturated carbocycles. The van der Waals surface area contributed by atoms with Crippen molar-refractivity contribution >= 4 is 35.3 Å². The van der Waals surface area contributed by atoms with Gasteiger partial charge in [0.05, 0.1) is 24.5 Å². The second-order valence-electron chi connectivity index (χ2n) is 8.36. The number of hydrogen-bond acceptors (Lipinski definition) is 8. The molecule has 2 aliphatic rings. The van der Waals surface area contributed by atoms with Gasteiger partial charge in [0.2, 0.25) is 0 Å². The molecule has 202 valence electrons. The van der Waals surface area contributed by atoms with Crippen LogP contribution < -0.4 is 15.2 Å². The fraction of sp³-hybridized carbons (Fsp3) is 0.360. The molecular formula is C25H25F3N4O6. The number of amides is 2. The van der Waals surface area contributed by atoms with Crippen LogP contribution in [0.3, 0.4) is 0 Å². The van der Waals surface area contributed by atoms with E-state index >= 15 is 4.39 Å². The second-order valence-corrected chi connectivity index (χ2v) is 8.36. The molecule has 10 nitrogen and oxygen atoms in total. The van der Waals surface area contributed by atoms with Crippen molar-refractivity contribution in [3.05, 3.63) is 59.9 Å². The Hall–Kier alpha value is -4.22. The summed E-state index contributed by atoms with van der Waals surface area (Å²) in [6.45, 7) is 1.66. The van der Waals surface area contributed by atoms with Crippen LogP contribution in [0.5, 0.6) is 0 Å². The second kappa shape index (κ2) is 13.4. The number of hydrogen-bond donors (Lipinski definition) is 1. The lowest BCUT2D eigenvalue weighted by molar-refractivity contribution is -0.191. The molecule has 38 heavy (non-hydrogen) atoms. The number of halogens is 3. The first-order chi connectivity index (χ1) is 18.2. The van der Waals surface area contributed by atoms with Gasteiger partial charge in [-0.3, -0.25) is 19.5 Å². The quantitative estimate of drug-likeness (QED) is 0.577. The molecule has 0 aromatic heterocycles. The van der Waals surface area contributed by atoms with Crippen molar-refractivity contribution in [1.82, 2.24) is 10.4 Å². The van der Waals surface area contributed by atoms with Crippen LogP contribution in [0.1, 0.15) is 23.2 Å². The molecule has 2 saturated heterocycles. The van der Waals surface area contributed by atoms with Crippen molar-refractivity contribution in [3.8, 4) is 0 Å². The van der Waals surface area contributed by atoms with Crippen molar-refractivity contribution in [3.63, 3.8) is 0 Å². The molecule has 1 N–H and O–H groups in total. The Morgan fingerprint density at radius 2 is 1.79 bits per heavy atom. The van der Waals surface area contributed by atoms with Gasteiger partial charge in [0, 0.05) is 31.6 Å². The zero-order valence-corrected chi connectivity index (χ0v) is 20.1. The molecule has 0 unspecified atom stereocenters. The fourth-order valence-electron chi connectivity index (χ4n) is 4.10. The normalized spacial score (nSPS) is 17.3. The van der Waals surface area contributed by atoms with Gasteiger partial charge in [-0.25, -0.2) is 23.4 Å². The van der Waals surface area contributed by atoms with E-state index in [2.05, 4.69) is 5.43 Å². The van der Waals surface area contributed by atoms with Crippen LogP contribution in [0.15, 0.2) is 48.5 Å². The lowest BCUT2D eigenvalue weighted by Gasteiger charge is -2.24. The topological polar surface area (TPSA) is 116 Å². The lowest BCUT2D eigenvalue weighted by atomic mass is 10.1. The first-order valence-electron chi connectivity index (χ1n) is 11.7. The summed E-state index contributed by atoms with van der Waals surface area (Å²) < 4.78 is 45.0. The zero-order chi connectivity index (χ0) is 27.7. The molecule has 2 fully saturated rings. The minimum Gasteiger partial charge on any atom is -0.444 e. The summed E-state index contributed by atoms with van der Waals surface area (Å²) in [5, 5.41) is 1.51. The first-order valence-corrected chi connectivity index (χ1v) is 11.7. The van der Waals surface area contributed by atoms with Gasteiger partial charge in [-0.05, 0) is 36.8 Å². The van der Waals surface area contributed by atoms with Crippen LogP contribution in [-0.2, 0) is 19.1 Å². The monoisotopic (exact) mass is 534 g/mol. The summed E-state index contributed by atoms with van der Waals surface area (Å²) in [6.07, 6.45) is -4.67. The van der Waals surface area contributed by atoms with E-state index in [4.69, 9.17) is 14.3 Å². The van der Waals surface area contributed by atoms with Gasteiger partial charge in [0.15, 0.2) is 5.78 Å². The van der Waals surface area contributed by atoms with Gasteiger partial charge in [-0.15, -0.1) is 0 Å². The van der Waals surface area contributed by atoms with Gasteiger partial charge in [-0.1, -0.05) is 18.2 Å². The number of hydrazine groups is 1. The van der Waals surface area contributed by atoms with Crippen molar-refractivity contribution in [2.75, 3.05) is 42.5 Å². The van der Waals surface area contributed by atoms with Gasteiger partial charge >= 0.3 is 12.2 Å². The summed E-state index contributed by atoms with van der Waals surface area (Å²) >= 11 is 0. The maximum absolute atomic E-state index is 15.1. The van der Waals surface area contributed by atoms with Crippen molar-refractivity contribution < 1.29 is 41.9 Å². The Kier molecular flexibility index (Phi) is 9.97. The predicted octanol–water partition coefficient (Wildman–Crippen LogP) is 2.65. The van der Waals surface area contributed by atoms with Gasteiger partial charge in [0.1, 0.15) is 11.9 Å². The summed E-state index contributed by atoms with van der Waals surface area (Å²) in [5.74, 6) is -1.92. The maximum Gasteiger partial charge on any atom is 0.414 e. The Morgan fingerprint density at radius 3 is 2.45 bits per heavy atom. The molecule has 2 amide bonds. The van der Waals surface area contributed by atoms with E-state index in [0.717, 1.165) is 0 Å². The number of anilines is 2. The van der Waals surface area contributed by atoms with Crippen LogP contribution in [0.2, 0.25) is 0 Å². The van der Waals surface area contributed by atoms with E-state index < -0.39 is 36.6 Å². The summed E-state index contributed by atoms with van der Waals surface area (Å²) in [7, 11) is 0. The molecular weight excluding hydrogens is 509 g/mol. The largest absolute Gasteiger partial charge is 0.444 e. The Labute approximate surface area is 215 Å². The average Bonchev–Trinajstić information content (AvgIpc) is 3.11. The zero-order valence-electron chi connectivity index (χ0n) is 20.1. The molecule has 2 aromatic rings. The highest BCUT2D eigenvalue weighted by Gasteiger charge is 2.33. The molecule has 0 radical (unpaired) electrons. The van der Waals surface area contributed by atoms with Crippen molar-refractivity contribution in [2.45, 2.75) is 25.4 Å². The molecule has 4 rings (SSSR count). The third-order valence-electron chi connectivity index (χ3n) is 5.96. The van der Waals surface area contributed by atoms with Crippen LogP contribution in [-0.4, -0.2) is 74.2 Å². The molecule has 0 spiro atoms. The van der Waals surface area contributed by atoms with E-state index in [-0.39, 0.29) is 30.7 Å². The smallest absolute Gasteiger partial charge is 0.414 e. The van der Waals surface area contributed by atoms with E-state index in [1.807, 2.05) is 11.0 Å². The third-order valence-corrected chi connectivity index (χ3v) is 5.96. The highest BCUT2D eigenvalue weighted by molar-refractivity contribution is 5.94. The molecule has 2 heterocycles. The Balaban J connectivity index is 0.00000127. The van der Waals surface area contributed by atoms with Gasteiger partial charge in [-0.2, -0.15) is 9.59 Å². The number of Topliss-reactive ketones (excluding diaryl/α,β-unsaturated/α-hetero) is 1. The van der Waals surface area contributed by atoms with E-state index in [0.29, 0.717) is 37.4 Å². The minimum absolute atomic E-state index is 0.0229. The van der Waals surface area contributed by atoms with Crippen molar-refractivity contribution in [2.24, 2.45) is 0 Å². The average molecular weight is 534 g/mol. The number of benzene rings is 2. The number of nitrogens with one attached hydrogen (secondary N) is 1. The predicted molar refractivity (Wildman–Crippen MR) is 127 cm³/mol. The van der Waals surface area contributed by atoms with Crippen LogP contribution in [0, 0.1) is 5.82 Å². The van der Waals surface area contributed by atoms with Crippen molar-refractivity contribution in [1.29, 1.82) is 0 Å². The highest BCUT2D eigenvalue weighted by Crippen LogP contribution is 2.29. The first kappa shape index (κ1) is 28.4. The molecule has 2 aliphatic heterocycles. The summed E-state index contributed by atoms with van der Waals surface area (Å²) in [4.78, 5) is 55.3. The summed E-state index contributed by atoms with van der Waals surface area (Å²) in [5.41, 5.74) is 4.23. The maximum atomic E-state index is 15.1. The van der Waals surface area contributed by atoms with E-state index in [1.54, 1.807) is 36.4 Å². The molecule has 0 bridgehead atoms. The number of rotatable bonds is 7. The molecule has 0 aliphatic carbocycles. The SMILES string of the molecule is O=C(CC[C@H]1CN(c2ccc(N3CCNN(C(=O)c4ccccc4)CC3)c(F)c2)C(=O)O1)C(F)F.O=C=O. The number of carbonyl (C=O) groups excluding carboxylic acids is 5. The number of ether oxygens (including phenoxy) is 1. The standard InChI is InChI=1S/C24H25F3N4O4.CO2/c25-19-14-17(30-15-18(35-24(30)34)7-9-21(32)22(26)27)6-8-20(19)29-11-10-28-31(13-12-29)23(33)16-4-2-1-3-5-16;2-1-3/h1-6,8,14,18,22,28H,7,9-13,15H2;/t18-;/m0./s1. The summed E-state index contributed by atoms with van der Waals surface area (Å²) in [6, 6.07) is 13.2. The Bertz CT molecular complexity index is 1180. The number of cyclic esters (lactones) is 1. The molecule has 2 aromatic carbocycles. The highest BCUT2D eigenvalue weighted by atomic mass is 19.3. The molecule has 13 heteroatoms. The third kappa shape index (κ3) is 7.17. The fourth-order valence-corrected chi connectivity index (χ4v) is 4.10. The van der Waals surface area contributed by atoms with Gasteiger partial charge in [0.25, 0.3) is 12.3 Å². The van der Waals surface area contributed by atoms with E-state index in [1.165, 1.54) is 16.0 Å². The number of ketones is 1.